The third kappa shape index (κ3) is 3.48. The van der Waals surface area contributed by atoms with Crippen LogP contribution in [0.4, 0.5) is 5.00 Å². The van der Waals surface area contributed by atoms with E-state index in [-0.39, 0.29) is 23.8 Å². The van der Waals surface area contributed by atoms with E-state index in [9.17, 15) is 14.4 Å². The third-order valence-electron chi connectivity index (χ3n) is 8.50. The van der Waals surface area contributed by atoms with Crippen molar-refractivity contribution in [3.63, 3.8) is 0 Å². The molecule has 4 aliphatic rings. The van der Waals surface area contributed by atoms with Crippen LogP contribution in [0.2, 0.25) is 0 Å². The van der Waals surface area contributed by atoms with E-state index < -0.39 is 5.41 Å². The summed E-state index contributed by atoms with van der Waals surface area (Å²) in [5.41, 5.74) is 5.96. The van der Waals surface area contributed by atoms with E-state index in [0.29, 0.717) is 49.7 Å². The lowest BCUT2D eigenvalue weighted by atomic mass is 9.78. The van der Waals surface area contributed by atoms with Crippen LogP contribution in [-0.4, -0.2) is 90.0 Å². The lowest BCUT2D eigenvalue weighted by Crippen LogP contribution is -2.56. The van der Waals surface area contributed by atoms with Gasteiger partial charge < -0.3 is 15.4 Å². The molecule has 4 aliphatic heterocycles. The van der Waals surface area contributed by atoms with Gasteiger partial charge in [-0.1, -0.05) is 12.1 Å². The standard InChI is InChI=1S/C26H33N5O4S/c1-35-19-7-4-6-18-20(22(27)36-21(18)19)23(32)28-14-8-17(9-15-28)29-11-5-10-26(16-29)24(33)30-12-2-3-13-31(30)25(26)34/h4,6-7,17H,2-3,5,8-16,27H2,1H3. The fourth-order valence-corrected chi connectivity index (χ4v) is 7.66. The van der Waals surface area contributed by atoms with Crippen molar-refractivity contribution in [3.05, 3.63) is 23.8 Å². The van der Waals surface area contributed by atoms with Gasteiger partial charge in [-0.25, -0.2) is 0 Å². The zero-order valence-electron chi connectivity index (χ0n) is 20.7. The number of nitrogens with zero attached hydrogens (tertiary/aromatic N) is 4. The predicted molar refractivity (Wildman–Crippen MR) is 138 cm³/mol. The van der Waals surface area contributed by atoms with Crippen molar-refractivity contribution in [1.82, 2.24) is 19.8 Å². The zero-order chi connectivity index (χ0) is 25.0. The van der Waals surface area contributed by atoms with Crippen molar-refractivity contribution in [1.29, 1.82) is 0 Å². The highest BCUT2D eigenvalue weighted by Gasteiger charge is 2.60. The number of nitrogen functional groups attached to an aromatic ring is 1. The van der Waals surface area contributed by atoms with Crippen LogP contribution in [0.5, 0.6) is 5.75 Å². The van der Waals surface area contributed by atoms with Crippen LogP contribution in [0.25, 0.3) is 10.1 Å². The number of likely N-dealkylation sites (tertiary alicyclic amines) is 2. The number of hydrogen-bond donors (Lipinski definition) is 1. The first kappa shape index (κ1) is 23.5. The molecular formula is C26H33N5O4S. The molecule has 10 heteroatoms. The molecular weight excluding hydrogens is 478 g/mol. The Bertz CT molecular complexity index is 1200. The van der Waals surface area contributed by atoms with E-state index >= 15 is 0 Å². The number of carbonyl (C=O) groups is 3. The maximum Gasteiger partial charge on any atom is 0.258 e. The Hall–Kier alpha value is -2.85. The molecule has 9 nitrogen and oxygen atoms in total. The Morgan fingerprint density at radius 1 is 1.03 bits per heavy atom. The number of hydrogen-bond acceptors (Lipinski definition) is 7. The largest absolute Gasteiger partial charge is 0.495 e. The van der Waals surface area contributed by atoms with E-state index in [1.165, 1.54) is 11.3 Å². The number of piperidine rings is 2. The van der Waals surface area contributed by atoms with Gasteiger partial charge in [0, 0.05) is 44.2 Å². The minimum Gasteiger partial charge on any atom is -0.495 e. The van der Waals surface area contributed by atoms with Crippen molar-refractivity contribution >= 4 is 44.1 Å². The normalized spacial score (nSPS) is 23.1. The highest BCUT2D eigenvalue weighted by Crippen LogP contribution is 2.43. The fourth-order valence-electron chi connectivity index (χ4n) is 6.61. The van der Waals surface area contributed by atoms with E-state index in [4.69, 9.17) is 10.5 Å². The van der Waals surface area contributed by atoms with E-state index in [1.54, 1.807) is 17.1 Å². The minimum atomic E-state index is -0.918. The first-order valence-electron chi connectivity index (χ1n) is 13.0. The molecule has 36 heavy (non-hydrogen) atoms. The summed E-state index contributed by atoms with van der Waals surface area (Å²) in [6.45, 7) is 3.96. The lowest BCUT2D eigenvalue weighted by molar-refractivity contribution is -0.150. The molecule has 3 amide bonds. The van der Waals surface area contributed by atoms with E-state index in [0.717, 1.165) is 54.5 Å². The molecule has 1 spiro atoms. The average Bonchev–Trinajstić information content (AvgIpc) is 3.36. The van der Waals surface area contributed by atoms with Gasteiger partial charge in [-0.05, 0) is 51.1 Å². The first-order chi connectivity index (χ1) is 17.4. The van der Waals surface area contributed by atoms with E-state index in [2.05, 4.69) is 4.90 Å². The number of hydrazine groups is 1. The second-order valence-corrected chi connectivity index (χ2v) is 11.5. The Labute approximate surface area is 214 Å². The maximum absolute atomic E-state index is 13.5. The summed E-state index contributed by atoms with van der Waals surface area (Å²) in [6.07, 6.45) is 5.04. The van der Waals surface area contributed by atoms with Gasteiger partial charge >= 0.3 is 0 Å². The summed E-state index contributed by atoms with van der Waals surface area (Å²) in [5.74, 6) is 0.690. The van der Waals surface area contributed by atoms with E-state index in [1.807, 2.05) is 23.1 Å². The van der Waals surface area contributed by atoms with Crippen LogP contribution >= 0.6 is 11.3 Å². The van der Waals surface area contributed by atoms with Gasteiger partial charge in [-0.15, -0.1) is 11.3 Å². The monoisotopic (exact) mass is 511 g/mol. The van der Waals surface area contributed by atoms with Gasteiger partial charge in [0.05, 0.1) is 22.4 Å². The minimum absolute atomic E-state index is 0.000229. The van der Waals surface area contributed by atoms with Crippen molar-refractivity contribution in [2.24, 2.45) is 5.41 Å². The Balaban J connectivity index is 1.15. The molecule has 1 aromatic carbocycles. The topological polar surface area (TPSA) is 99.4 Å². The molecule has 192 valence electrons. The lowest BCUT2D eigenvalue weighted by Gasteiger charge is -2.44. The molecule has 2 aromatic rings. The molecule has 1 aromatic heterocycles. The highest BCUT2D eigenvalue weighted by atomic mass is 32.1. The molecule has 4 saturated heterocycles. The first-order valence-corrected chi connectivity index (χ1v) is 13.8. The number of ether oxygens (including phenoxy) is 1. The number of rotatable bonds is 3. The molecule has 0 unspecified atom stereocenters. The Kier molecular flexibility index (Phi) is 5.83. The summed E-state index contributed by atoms with van der Waals surface area (Å²) < 4.78 is 6.35. The smallest absolute Gasteiger partial charge is 0.258 e. The Morgan fingerprint density at radius 3 is 2.39 bits per heavy atom. The summed E-state index contributed by atoms with van der Waals surface area (Å²) in [7, 11) is 1.62. The number of amides is 3. The summed E-state index contributed by atoms with van der Waals surface area (Å²) in [4.78, 5) is 44.5. The van der Waals surface area contributed by atoms with Gasteiger partial charge in [0.15, 0.2) is 0 Å². The molecule has 6 rings (SSSR count). The van der Waals surface area contributed by atoms with Gasteiger partial charge in [0.1, 0.15) is 11.2 Å². The third-order valence-corrected chi connectivity index (χ3v) is 9.55. The van der Waals surface area contributed by atoms with Gasteiger partial charge in [0.2, 0.25) is 0 Å². The van der Waals surface area contributed by atoms with Crippen LogP contribution in [0.15, 0.2) is 18.2 Å². The van der Waals surface area contributed by atoms with Crippen molar-refractivity contribution in [2.75, 3.05) is 52.1 Å². The van der Waals surface area contributed by atoms with Crippen LogP contribution in [0, 0.1) is 5.41 Å². The predicted octanol–water partition coefficient (Wildman–Crippen LogP) is 2.56. The van der Waals surface area contributed by atoms with Crippen LogP contribution in [0.1, 0.15) is 48.9 Å². The molecule has 0 bridgehead atoms. The summed E-state index contributed by atoms with van der Waals surface area (Å²) in [6, 6.07) is 5.96. The average molecular weight is 512 g/mol. The number of carbonyl (C=O) groups excluding carboxylic acids is 3. The van der Waals surface area contributed by atoms with Crippen LogP contribution < -0.4 is 10.5 Å². The highest BCUT2D eigenvalue weighted by molar-refractivity contribution is 7.23. The van der Waals surface area contributed by atoms with Crippen molar-refractivity contribution in [2.45, 2.75) is 44.6 Å². The summed E-state index contributed by atoms with van der Waals surface area (Å²) in [5, 5.41) is 4.78. The number of benzene rings is 1. The zero-order valence-corrected chi connectivity index (χ0v) is 21.5. The van der Waals surface area contributed by atoms with Crippen molar-refractivity contribution < 1.29 is 19.1 Å². The Morgan fingerprint density at radius 2 is 1.72 bits per heavy atom. The molecule has 2 N–H and O–H groups in total. The molecule has 0 radical (unpaired) electrons. The molecule has 0 saturated carbocycles. The number of nitrogens with two attached hydrogens (primary N) is 1. The number of thiophene rings is 1. The second kappa shape index (κ2) is 8.92. The fraction of sp³-hybridized carbons (Fsp3) is 0.577. The molecule has 5 heterocycles. The number of anilines is 1. The van der Waals surface area contributed by atoms with Gasteiger partial charge in [0.25, 0.3) is 17.7 Å². The maximum atomic E-state index is 13.5. The van der Waals surface area contributed by atoms with Crippen molar-refractivity contribution in [3.8, 4) is 5.75 Å². The summed E-state index contributed by atoms with van der Waals surface area (Å²) >= 11 is 1.39. The number of methoxy groups -OCH3 is 1. The second-order valence-electron chi connectivity index (χ2n) is 10.4. The van der Waals surface area contributed by atoms with Gasteiger partial charge in [-0.3, -0.25) is 29.3 Å². The molecule has 0 atom stereocenters. The SMILES string of the molecule is COc1cccc2c(C(=O)N3CCC(N4CCCC5(C4)C(=O)N4CCCCN4C5=O)CC3)c(N)sc12. The number of fused-ring (bicyclic) bond motifs is 2. The quantitative estimate of drug-likeness (QED) is 0.636. The molecule has 4 fully saturated rings. The van der Waals surface area contributed by atoms with Gasteiger partial charge in [-0.2, -0.15) is 0 Å². The molecule has 0 aliphatic carbocycles. The van der Waals surface area contributed by atoms with Crippen LogP contribution in [0.3, 0.4) is 0 Å². The van der Waals surface area contributed by atoms with Crippen LogP contribution in [-0.2, 0) is 9.59 Å².